The van der Waals surface area contributed by atoms with E-state index < -0.39 is 5.60 Å². The number of carbonyl (C=O) groups excluding carboxylic acids is 1. The van der Waals surface area contributed by atoms with E-state index in [1.54, 1.807) is 0 Å². The van der Waals surface area contributed by atoms with Crippen LogP contribution in [0.25, 0.3) is 0 Å². The topological polar surface area (TPSA) is 56.8 Å². The van der Waals surface area contributed by atoms with Crippen molar-refractivity contribution in [3.8, 4) is 0 Å². The van der Waals surface area contributed by atoms with Crippen molar-refractivity contribution in [3.05, 3.63) is 24.8 Å². The molecule has 174 valence electrons. The number of amides is 1. The number of allylic oxidation sites excluding steroid dienone is 2. The minimum absolute atomic E-state index is 0.385. The fraction of sp³-hybridized carbons (Fsp3) is 0.800. The number of alkyl carbamates (subject to hydrolysis) is 1. The third-order valence-electron chi connectivity index (χ3n) is 5.55. The first-order valence-corrected chi connectivity index (χ1v) is 11.7. The largest absolute Gasteiger partial charge is 0.444 e. The molecule has 0 aromatic rings. The molecule has 0 saturated heterocycles. The molecule has 30 heavy (non-hydrogen) atoms. The molecule has 1 fully saturated rings. The van der Waals surface area contributed by atoms with Gasteiger partial charge >= 0.3 is 6.09 Å². The van der Waals surface area contributed by atoms with Gasteiger partial charge in [0, 0.05) is 19.8 Å². The third-order valence-corrected chi connectivity index (χ3v) is 5.55. The predicted molar refractivity (Wildman–Crippen MR) is 124 cm³/mol. The van der Waals surface area contributed by atoms with Crippen molar-refractivity contribution in [2.75, 3.05) is 33.0 Å². The lowest BCUT2D eigenvalue weighted by Crippen LogP contribution is -2.32. The van der Waals surface area contributed by atoms with Crippen LogP contribution >= 0.6 is 0 Å². The Morgan fingerprint density at radius 1 is 1.03 bits per heavy atom. The van der Waals surface area contributed by atoms with Gasteiger partial charge in [0.05, 0.1) is 13.2 Å². The monoisotopic (exact) mass is 423 g/mol. The Hall–Kier alpha value is -1.33. The molecule has 5 nitrogen and oxygen atoms in total. The molecule has 1 aliphatic rings. The summed E-state index contributed by atoms with van der Waals surface area (Å²) >= 11 is 0. The van der Waals surface area contributed by atoms with E-state index in [4.69, 9.17) is 14.2 Å². The van der Waals surface area contributed by atoms with Crippen LogP contribution in [0, 0.1) is 23.7 Å². The molecule has 0 unspecified atom stereocenters. The van der Waals surface area contributed by atoms with Crippen LogP contribution < -0.4 is 5.32 Å². The normalized spacial score (nSPS) is 24.3. The summed E-state index contributed by atoms with van der Waals surface area (Å²) in [6.45, 7) is 17.6. The van der Waals surface area contributed by atoms with Gasteiger partial charge in [-0.05, 0) is 63.7 Å². The molecular weight excluding hydrogens is 378 g/mol. The van der Waals surface area contributed by atoms with E-state index in [1.807, 2.05) is 26.8 Å². The zero-order chi connectivity index (χ0) is 22.4. The van der Waals surface area contributed by atoms with Gasteiger partial charge in [-0.15, -0.1) is 6.58 Å². The molecule has 1 N–H and O–H groups in total. The Morgan fingerprint density at radius 3 is 2.10 bits per heavy atom. The summed E-state index contributed by atoms with van der Waals surface area (Å²) in [5.41, 5.74) is -0.484. The van der Waals surface area contributed by atoms with Crippen LogP contribution in [0.2, 0.25) is 0 Å². The second-order valence-corrected chi connectivity index (χ2v) is 9.29. The SMILES string of the molecule is C=C[C@H]1C[C@@H](/C=C\CNC(=O)OC(C)(C)C)[C@@H](COCCCC)[C@H]1COCCCC. The third kappa shape index (κ3) is 10.6. The highest BCUT2D eigenvalue weighted by Crippen LogP contribution is 2.43. The summed E-state index contributed by atoms with van der Waals surface area (Å²) < 4.78 is 17.3. The van der Waals surface area contributed by atoms with E-state index in [9.17, 15) is 4.79 Å². The lowest BCUT2D eigenvalue weighted by atomic mass is 9.88. The second kappa shape index (κ2) is 14.6. The van der Waals surface area contributed by atoms with Gasteiger partial charge in [-0.3, -0.25) is 0 Å². The van der Waals surface area contributed by atoms with E-state index in [-0.39, 0.29) is 6.09 Å². The van der Waals surface area contributed by atoms with E-state index in [0.717, 1.165) is 58.5 Å². The van der Waals surface area contributed by atoms with E-state index in [2.05, 4.69) is 37.9 Å². The minimum atomic E-state index is -0.484. The van der Waals surface area contributed by atoms with Crippen LogP contribution in [-0.4, -0.2) is 44.7 Å². The van der Waals surface area contributed by atoms with Gasteiger partial charge < -0.3 is 19.5 Å². The van der Waals surface area contributed by atoms with Crippen LogP contribution in [-0.2, 0) is 14.2 Å². The van der Waals surface area contributed by atoms with Crippen molar-refractivity contribution in [2.24, 2.45) is 23.7 Å². The highest BCUT2D eigenvalue weighted by molar-refractivity contribution is 5.67. The zero-order valence-corrected chi connectivity index (χ0v) is 20.0. The van der Waals surface area contributed by atoms with Gasteiger partial charge in [-0.25, -0.2) is 4.79 Å². The molecule has 1 aliphatic carbocycles. The summed E-state index contributed by atoms with van der Waals surface area (Å²) in [6.07, 6.45) is 11.5. The predicted octanol–water partition coefficient (Wildman–Crippen LogP) is 5.76. The molecule has 0 radical (unpaired) electrons. The maximum Gasteiger partial charge on any atom is 0.407 e. The molecule has 0 aliphatic heterocycles. The van der Waals surface area contributed by atoms with Gasteiger partial charge in [0.2, 0.25) is 0 Å². The van der Waals surface area contributed by atoms with Gasteiger partial charge in [0.15, 0.2) is 0 Å². The zero-order valence-electron chi connectivity index (χ0n) is 20.0. The molecule has 0 spiro atoms. The maximum atomic E-state index is 11.8. The van der Waals surface area contributed by atoms with Crippen LogP contribution in [0.15, 0.2) is 24.8 Å². The van der Waals surface area contributed by atoms with Crippen LogP contribution in [0.5, 0.6) is 0 Å². The molecule has 1 amide bonds. The van der Waals surface area contributed by atoms with Crippen molar-refractivity contribution < 1.29 is 19.0 Å². The smallest absolute Gasteiger partial charge is 0.407 e. The van der Waals surface area contributed by atoms with Crippen LogP contribution in [0.4, 0.5) is 4.79 Å². The van der Waals surface area contributed by atoms with Gasteiger partial charge in [-0.2, -0.15) is 0 Å². The number of rotatable bonds is 14. The Balaban J connectivity index is 2.67. The minimum Gasteiger partial charge on any atom is -0.444 e. The average Bonchev–Trinajstić information content (AvgIpc) is 3.01. The average molecular weight is 424 g/mol. The summed E-state index contributed by atoms with van der Waals surface area (Å²) in [4.78, 5) is 11.8. The highest BCUT2D eigenvalue weighted by Gasteiger charge is 2.40. The number of ether oxygens (including phenoxy) is 3. The summed E-state index contributed by atoms with van der Waals surface area (Å²) in [5.74, 6) is 1.66. The Kier molecular flexibility index (Phi) is 13.0. The number of unbranched alkanes of at least 4 members (excludes halogenated alkanes) is 2. The first-order valence-electron chi connectivity index (χ1n) is 11.7. The maximum absolute atomic E-state index is 11.8. The molecule has 0 aromatic heterocycles. The Bertz CT molecular complexity index is 512. The summed E-state index contributed by atoms with van der Waals surface area (Å²) in [7, 11) is 0. The molecule has 0 bridgehead atoms. The quantitative estimate of drug-likeness (QED) is 0.285. The lowest BCUT2D eigenvalue weighted by Gasteiger charge is -2.25. The molecule has 0 aromatic carbocycles. The van der Waals surface area contributed by atoms with Crippen LogP contribution in [0.1, 0.15) is 66.7 Å². The van der Waals surface area contributed by atoms with Crippen molar-refractivity contribution in [3.63, 3.8) is 0 Å². The fourth-order valence-electron chi connectivity index (χ4n) is 3.92. The fourth-order valence-corrected chi connectivity index (χ4v) is 3.92. The van der Waals surface area contributed by atoms with Crippen molar-refractivity contribution >= 4 is 6.09 Å². The van der Waals surface area contributed by atoms with Gasteiger partial charge in [0.25, 0.3) is 0 Å². The molecule has 4 atom stereocenters. The molecular formula is C25H45NO4. The number of hydrogen-bond acceptors (Lipinski definition) is 4. The Labute approximate surface area is 184 Å². The number of hydrogen-bond donors (Lipinski definition) is 1. The van der Waals surface area contributed by atoms with Crippen LogP contribution in [0.3, 0.4) is 0 Å². The number of nitrogens with one attached hydrogen (secondary N) is 1. The van der Waals surface area contributed by atoms with E-state index >= 15 is 0 Å². The first kappa shape index (κ1) is 26.7. The number of carbonyl (C=O) groups is 1. The Morgan fingerprint density at radius 2 is 1.60 bits per heavy atom. The molecule has 0 heterocycles. The van der Waals surface area contributed by atoms with Crippen molar-refractivity contribution in [1.82, 2.24) is 5.32 Å². The second-order valence-electron chi connectivity index (χ2n) is 9.29. The van der Waals surface area contributed by atoms with E-state index in [1.165, 1.54) is 0 Å². The molecule has 1 rings (SSSR count). The van der Waals surface area contributed by atoms with Crippen molar-refractivity contribution in [1.29, 1.82) is 0 Å². The highest BCUT2D eigenvalue weighted by atomic mass is 16.6. The lowest BCUT2D eigenvalue weighted by molar-refractivity contribution is 0.0293. The first-order chi connectivity index (χ1) is 14.3. The molecule has 1 saturated carbocycles. The van der Waals surface area contributed by atoms with Crippen molar-refractivity contribution in [2.45, 2.75) is 72.3 Å². The van der Waals surface area contributed by atoms with E-state index in [0.29, 0.717) is 30.2 Å². The van der Waals surface area contributed by atoms with Gasteiger partial charge in [0.1, 0.15) is 5.60 Å². The summed E-state index contributed by atoms with van der Waals surface area (Å²) in [6, 6.07) is 0. The standard InChI is InChI=1S/C25H45NO4/c1-7-10-15-28-18-22-20(9-3)17-21(23(22)19-29-16-11-8-2)13-12-14-26-24(27)30-25(4,5)6/h9,12-13,20-23H,3,7-8,10-11,14-19H2,1-2,4-6H3,(H,26,27)/b13-12-/t20-,21+,22-,23+/m0/s1. The molecule has 5 heteroatoms. The van der Waals surface area contributed by atoms with Gasteiger partial charge in [-0.1, -0.05) is 44.9 Å². The summed E-state index contributed by atoms with van der Waals surface area (Å²) in [5, 5.41) is 2.80.